The Kier molecular flexibility index (Phi) is 5.17. The minimum absolute atomic E-state index is 0.0598. The maximum Gasteiger partial charge on any atom is 0.338 e. The molecule has 1 aliphatic carbocycles. The molecule has 4 nitrogen and oxygen atoms in total. The molecular formula is C21H23NO3. The van der Waals surface area contributed by atoms with E-state index in [0.29, 0.717) is 17.7 Å². The SMILES string of the molecule is CC(C)OC(=O)c1ccc(NC(=O)Cc2ccc3c(c2)CCC3)cc1. The zero-order valence-corrected chi connectivity index (χ0v) is 14.7. The van der Waals surface area contributed by atoms with E-state index in [2.05, 4.69) is 17.4 Å². The molecule has 1 N–H and O–H groups in total. The minimum atomic E-state index is -0.356. The molecule has 2 aromatic rings. The fraction of sp³-hybridized carbons (Fsp3) is 0.333. The fourth-order valence-electron chi connectivity index (χ4n) is 3.10. The standard InChI is InChI=1S/C21H23NO3/c1-14(2)25-21(24)17-8-10-19(11-9-17)22-20(23)13-15-6-7-16-4-3-5-18(16)12-15/h6-12,14H,3-5,13H2,1-2H3,(H,22,23). The molecule has 0 heterocycles. The summed E-state index contributed by atoms with van der Waals surface area (Å²) in [7, 11) is 0. The lowest BCUT2D eigenvalue weighted by Gasteiger charge is -2.09. The summed E-state index contributed by atoms with van der Waals surface area (Å²) < 4.78 is 5.15. The molecule has 0 spiro atoms. The van der Waals surface area contributed by atoms with Gasteiger partial charge in [-0.1, -0.05) is 18.2 Å². The van der Waals surface area contributed by atoms with Gasteiger partial charge in [0.2, 0.25) is 5.91 Å². The maximum atomic E-state index is 12.2. The molecule has 0 saturated carbocycles. The number of ether oxygens (including phenoxy) is 1. The second-order valence-corrected chi connectivity index (χ2v) is 6.71. The predicted octanol–water partition coefficient (Wildman–Crippen LogP) is 3.92. The lowest BCUT2D eigenvalue weighted by atomic mass is 10.0. The first kappa shape index (κ1) is 17.2. The molecule has 25 heavy (non-hydrogen) atoms. The maximum absolute atomic E-state index is 12.2. The van der Waals surface area contributed by atoms with Crippen LogP contribution in [-0.4, -0.2) is 18.0 Å². The first-order chi connectivity index (χ1) is 12.0. The largest absolute Gasteiger partial charge is 0.459 e. The van der Waals surface area contributed by atoms with Gasteiger partial charge in [-0.15, -0.1) is 0 Å². The summed E-state index contributed by atoms with van der Waals surface area (Å²) in [5, 5.41) is 2.87. The molecule has 2 aromatic carbocycles. The molecule has 0 unspecified atom stereocenters. The van der Waals surface area contributed by atoms with E-state index in [0.717, 1.165) is 18.4 Å². The third-order valence-corrected chi connectivity index (χ3v) is 4.27. The quantitative estimate of drug-likeness (QED) is 0.841. The van der Waals surface area contributed by atoms with E-state index in [1.165, 1.54) is 17.5 Å². The van der Waals surface area contributed by atoms with E-state index >= 15 is 0 Å². The number of fused-ring (bicyclic) bond motifs is 1. The number of benzene rings is 2. The number of hydrogen-bond donors (Lipinski definition) is 1. The number of aryl methyl sites for hydroxylation is 2. The summed E-state index contributed by atoms with van der Waals surface area (Å²) in [6.07, 6.45) is 3.66. The number of anilines is 1. The van der Waals surface area contributed by atoms with E-state index < -0.39 is 0 Å². The highest BCUT2D eigenvalue weighted by Crippen LogP contribution is 2.23. The van der Waals surface area contributed by atoms with Crippen LogP contribution in [0.3, 0.4) is 0 Å². The van der Waals surface area contributed by atoms with Crippen LogP contribution in [0, 0.1) is 0 Å². The van der Waals surface area contributed by atoms with Gasteiger partial charge in [0, 0.05) is 5.69 Å². The third-order valence-electron chi connectivity index (χ3n) is 4.27. The Balaban J connectivity index is 1.58. The van der Waals surface area contributed by atoms with E-state index in [9.17, 15) is 9.59 Å². The first-order valence-corrected chi connectivity index (χ1v) is 8.73. The molecule has 4 heteroatoms. The zero-order chi connectivity index (χ0) is 17.8. The monoisotopic (exact) mass is 337 g/mol. The topological polar surface area (TPSA) is 55.4 Å². The average molecular weight is 337 g/mol. The number of hydrogen-bond acceptors (Lipinski definition) is 3. The summed E-state index contributed by atoms with van der Waals surface area (Å²) in [6.45, 7) is 3.62. The van der Waals surface area contributed by atoms with Gasteiger partial charge in [-0.25, -0.2) is 4.79 Å². The average Bonchev–Trinajstić information content (AvgIpc) is 3.02. The van der Waals surface area contributed by atoms with E-state index in [1.807, 2.05) is 19.9 Å². The van der Waals surface area contributed by atoms with Gasteiger partial charge in [0.15, 0.2) is 0 Å². The Morgan fingerprint density at radius 2 is 1.76 bits per heavy atom. The smallest absolute Gasteiger partial charge is 0.338 e. The Labute approximate surface area is 148 Å². The van der Waals surface area contributed by atoms with Gasteiger partial charge in [-0.3, -0.25) is 4.79 Å². The van der Waals surface area contributed by atoms with Crippen molar-refractivity contribution in [2.75, 3.05) is 5.32 Å². The number of esters is 1. The summed E-state index contributed by atoms with van der Waals surface area (Å²) in [6, 6.07) is 13.1. The van der Waals surface area contributed by atoms with Crippen molar-refractivity contribution in [2.45, 2.75) is 45.6 Å². The van der Waals surface area contributed by atoms with Gasteiger partial charge in [0.05, 0.1) is 18.1 Å². The molecule has 0 radical (unpaired) electrons. The highest BCUT2D eigenvalue weighted by atomic mass is 16.5. The number of carbonyl (C=O) groups excluding carboxylic acids is 2. The zero-order valence-electron chi connectivity index (χ0n) is 14.7. The molecule has 0 aromatic heterocycles. The van der Waals surface area contributed by atoms with Crippen LogP contribution in [-0.2, 0) is 28.8 Å². The second kappa shape index (κ2) is 7.51. The van der Waals surface area contributed by atoms with Crippen LogP contribution in [0.2, 0.25) is 0 Å². The summed E-state index contributed by atoms with van der Waals surface area (Å²) in [5.41, 5.74) is 4.97. The Morgan fingerprint density at radius 3 is 2.48 bits per heavy atom. The summed E-state index contributed by atoms with van der Waals surface area (Å²) in [4.78, 5) is 24.1. The van der Waals surface area contributed by atoms with Gasteiger partial charge in [-0.2, -0.15) is 0 Å². The Hall–Kier alpha value is -2.62. The molecule has 3 rings (SSSR count). The first-order valence-electron chi connectivity index (χ1n) is 8.73. The number of amides is 1. The lowest BCUT2D eigenvalue weighted by molar-refractivity contribution is -0.115. The van der Waals surface area contributed by atoms with E-state index in [-0.39, 0.29) is 18.0 Å². The molecule has 1 amide bonds. The molecule has 0 saturated heterocycles. The highest BCUT2D eigenvalue weighted by Gasteiger charge is 2.13. The lowest BCUT2D eigenvalue weighted by Crippen LogP contribution is -2.15. The summed E-state index contributed by atoms with van der Waals surface area (Å²) in [5.74, 6) is -0.415. The van der Waals surface area contributed by atoms with Crippen molar-refractivity contribution < 1.29 is 14.3 Å². The Morgan fingerprint density at radius 1 is 1.04 bits per heavy atom. The molecule has 0 aliphatic heterocycles. The van der Waals surface area contributed by atoms with Crippen molar-refractivity contribution in [2.24, 2.45) is 0 Å². The van der Waals surface area contributed by atoms with Crippen molar-refractivity contribution in [3.05, 3.63) is 64.7 Å². The van der Waals surface area contributed by atoms with Crippen LogP contribution < -0.4 is 5.32 Å². The summed E-state index contributed by atoms with van der Waals surface area (Å²) >= 11 is 0. The predicted molar refractivity (Wildman–Crippen MR) is 97.8 cm³/mol. The second-order valence-electron chi connectivity index (χ2n) is 6.71. The molecule has 1 aliphatic rings. The van der Waals surface area contributed by atoms with Crippen LogP contribution in [0.1, 0.15) is 47.3 Å². The van der Waals surface area contributed by atoms with Crippen molar-refractivity contribution in [3.8, 4) is 0 Å². The van der Waals surface area contributed by atoms with Crippen LogP contribution in [0.15, 0.2) is 42.5 Å². The van der Waals surface area contributed by atoms with Gasteiger partial charge < -0.3 is 10.1 Å². The van der Waals surface area contributed by atoms with E-state index in [4.69, 9.17) is 4.74 Å². The van der Waals surface area contributed by atoms with Gasteiger partial charge >= 0.3 is 5.97 Å². The minimum Gasteiger partial charge on any atom is -0.459 e. The molecule has 0 fully saturated rings. The highest BCUT2D eigenvalue weighted by molar-refractivity contribution is 5.94. The molecular weight excluding hydrogens is 314 g/mol. The van der Waals surface area contributed by atoms with Crippen LogP contribution in [0.5, 0.6) is 0 Å². The normalized spacial score (nSPS) is 12.8. The van der Waals surface area contributed by atoms with Crippen LogP contribution in [0.25, 0.3) is 0 Å². The van der Waals surface area contributed by atoms with Crippen molar-refractivity contribution >= 4 is 17.6 Å². The molecule has 0 bridgehead atoms. The third kappa shape index (κ3) is 4.47. The van der Waals surface area contributed by atoms with E-state index in [1.54, 1.807) is 24.3 Å². The fourth-order valence-corrected chi connectivity index (χ4v) is 3.10. The van der Waals surface area contributed by atoms with Crippen molar-refractivity contribution in [1.82, 2.24) is 0 Å². The number of carbonyl (C=O) groups is 2. The molecule has 0 atom stereocenters. The van der Waals surface area contributed by atoms with Crippen molar-refractivity contribution in [1.29, 1.82) is 0 Å². The Bertz CT molecular complexity index is 778. The van der Waals surface area contributed by atoms with Gasteiger partial charge in [-0.05, 0) is 74.1 Å². The van der Waals surface area contributed by atoms with Gasteiger partial charge in [0.25, 0.3) is 0 Å². The number of nitrogens with one attached hydrogen (secondary N) is 1. The number of rotatable bonds is 5. The van der Waals surface area contributed by atoms with Crippen LogP contribution >= 0.6 is 0 Å². The molecule has 130 valence electrons. The van der Waals surface area contributed by atoms with Crippen LogP contribution in [0.4, 0.5) is 5.69 Å². The van der Waals surface area contributed by atoms with Gasteiger partial charge in [0.1, 0.15) is 0 Å². The van der Waals surface area contributed by atoms with Crippen molar-refractivity contribution in [3.63, 3.8) is 0 Å².